The molecule has 2 aliphatic rings. The van der Waals surface area contributed by atoms with Crippen molar-refractivity contribution in [2.75, 3.05) is 13.7 Å². The lowest BCUT2D eigenvalue weighted by Gasteiger charge is -2.28. The third-order valence-electron chi connectivity index (χ3n) is 5.70. The minimum atomic E-state index is -0.971. The highest BCUT2D eigenvalue weighted by atomic mass is 16.6. The molecule has 0 aromatic rings. The number of aliphatic carboxylic acids is 1. The molecule has 0 aliphatic heterocycles. The highest BCUT2D eigenvalue weighted by molar-refractivity contribution is 5.87. The number of carboxylic acid groups (broad SMARTS) is 1. The molecule has 7 heteroatoms. The van der Waals surface area contributed by atoms with E-state index in [4.69, 9.17) is 9.47 Å². The summed E-state index contributed by atoms with van der Waals surface area (Å²) in [4.78, 5) is 37.0. The maximum atomic E-state index is 12.9. The van der Waals surface area contributed by atoms with Crippen molar-refractivity contribution in [3.8, 4) is 0 Å². The van der Waals surface area contributed by atoms with Gasteiger partial charge in [0, 0.05) is 13.7 Å². The molecule has 0 heterocycles. The smallest absolute Gasteiger partial charge is 0.311 e. The third-order valence-corrected chi connectivity index (χ3v) is 5.70. The van der Waals surface area contributed by atoms with Crippen LogP contribution in [0.25, 0.3) is 0 Å². The largest absolute Gasteiger partial charge is 0.481 e. The standard InChI is InChI=1S/C23H35NO6/c1-22(2,3)30-20(27)17(13-16-7-9-18(29-4)10-8-16)15-24-21(28)23(14-19(25)26)11-5-6-12-23/h7-9,17-18H,5-6,10-15H2,1-4H3,(H,24,28)(H,25,26). The van der Waals surface area contributed by atoms with Crippen molar-refractivity contribution in [1.82, 2.24) is 5.32 Å². The van der Waals surface area contributed by atoms with E-state index in [2.05, 4.69) is 5.32 Å². The zero-order valence-electron chi connectivity index (χ0n) is 18.5. The monoisotopic (exact) mass is 421 g/mol. The molecule has 0 bridgehead atoms. The molecular weight excluding hydrogens is 386 g/mol. The Kier molecular flexibility index (Phi) is 8.24. The zero-order valence-corrected chi connectivity index (χ0v) is 18.5. The highest BCUT2D eigenvalue weighted by Crippen LogP contribution is 2.41. The zero-order chi connectivity index (χ0) is 22.4. The van der Waals surface area contributed by atoms with Gasteiger partial charge in [-0.1, -0.05) is 36.6 Å². The summed E-state index contributed by atoms with van der Waals surface area (Å²) in [7, 11) is 1.66. The van der Waals surface area contributed by atoms with Gasteiger partial charge < -0.3 is 19.9 Å². The molecule has 2 rings (SSSR count). The molecule has 0 aromatic carbocycles. The van der Waals surface area contributed by atoms with Gasteiger partial charge in [0.25, 0.3) is 0 Å². The Labute approximate surface area is 178 Å². The quantitative estimate of drug-likeness (QED) is 0.553. The maximum absolute atomic E-state index is 12.9. The summed E-state index contributed by atoms with van der Waals surface area (Å²) >= 11 is 0. The van der Waals surface area contributed by atoms with E-state index >= 15 is 0 Å². The van der Waals surface area contributed by atoms with Crippen LogP contribution in [0.15, 0.2) is 23.8 Å². The Morgan fingerprint density at radius 2 is 1.93 bits per heavy atom. The summed E-state index contributed by atoms with van der Waals surface area (Å²) in [5, 5.41) is 12.1. The molecule has 0 saturated heterocycles. The lowest BCUT2D eigenvalue weighted by molar-refractivity contribution is -0.160. The molecular formula is C23H35NO6. The maximum Gasteiger partial charge on any atom is 0.311 e. The molecule has 30 heavy (non-hydrogen) atoms. The first-order valence-corrected chi connectivity index (χ1v) is 10.7. The van der Waals surface area contributed by atoms with Crippen molar-refractivity contribution in [2.45, 2.75) is 77.4 Å². The van der Waals surface area contributed by atoms with E-state index in [0.717, 1.165) is 24.8 Å². The van der Waals surface area contributed by atoms with E-state index in [0.29, 0.717) is 19.3 Å². The minimum Gasteiger partial charge on any atom is -0.481 e. The second-order valence-corrected chi connectivity index (χ2v) is 9.35. The van der Waals surface area contributed by atoms with Crippen molar-refractivity contribution in [3.05, 3.63) is 23.8 Å². The van der Waals surface area contributed by atoms with Crippen LogP contribution in [-0.2, 0) is 23.9 Å². The Balaban J connectivity index is 2.07. The second kappa shape index (κ2) is 10.2. The number of carboxylic acids is 1. The Morgan fingerprint density at radius 3 is 2.43 bits per heavy atom. The number of hydrogen-bond acceptors (Lipinski definition) is 5. The molecule has 0 aromatic heterocycles. The van der Waals surface area contributed by atoms with Gasteiger partial charge in [0.2, 0.25) is 5.91 Å². The van der Waals surface area contributed by atoms with Crippen LogP contribution in [-0.4, -0.2) is 48.3 Å². The molecule has 2 aliphatic carbocycles. The van der Waals surface area contributed by atoms with Gasteiger partial charge >= 0.3 is 11.9 Å². The van der Waals surface area contributed by atoms with Crippen LogP contribution in [0.5, 0.6) is 0 Å². The summed E-state index contributed by atoms with van der Waals surface area (Å²) in [5.74, 6) is -2.17. The number of amides is 1. The number of allylic oxidation sites excluding steroid dienone is 2. The van der Waals surface area contributed by atoms with Gasteiger partial charge in [-0.3, -0.25) is 14.4 Å². The summed E-state index contributed by atoms with van der Waals surface area (Å²) in [6.07, 6.45) is 9.78. The van der Waals surface area contributed by atoms with Gasteiger partial charge in [-0.2, -0.15) is 0 Å². The van der Waals surface area contributed by atoms with Gasteiger partial charge in [0.05, 0.1) is 23.9 Å². The normalized spacial score (nSPS) is 21.6. The summed E-state index contributed by atoms with van der Waals surface area (Å²) in [6.45, 7) is 5.55. The summed E-state index contributed by atoms with van der Waals surface area (Å²) < 4.78 is 10.9. The molecule has 0 spiro atoms. The van der Waals surface area contributed by atoms with Crippen LogP contribution in [0.2, 0.25) is 0 Å². The van der Waals surface area contributed by atoms with E-state index in [-0.39, 0.29) is 30.9 Å². The second-order valence-electron chi connectivity index (χ2n) is 9.35. The number of carbonyl (C=O) groups is 3. The molecule has 1 saturated carbocycles. The van der Waals surface area contributed by atoms with Gasteiger partial charge in [-0.15, -0.1) is 0 Å². The summed E-state index contributed by atoms with van der Waals surface area (Å²) in [5.41, 5.74) is -0.512. The van der Waals surface area contributed by atoms with Crippen LogP contribution >= 0.6 is 0 Å². The molecule has 1 amide bonds. The number of nitrogens with one attached hydrogen (secondary N) is 1. The van der Waals surface area contributed by atoms with Crippen LogP contribution in [0.4, 0.5) is 0 Å². The number of ether oxygens (including phenoxy) is 2. The first-order chi connectivity index (χ1) is 14.0. The Morgan fingerprint density at radius 1 is 1.27 bits per heavy atom. The fourth-order valence-corrected chi connectivity index (χ4v) is 4.11. The van der Waals surface area contributed by atoms with Gasteiger partial charge in [-0.05, 0) is 46.5 Å². The van der Waals surface area contributed by atoms with Gasteiger partial charge in [0.15, 0.2) is 0 Å². The van der Waals surface area contributed by atoms with Crippen molar-refractivity contribution in [2.24, 2.45) is 11.3 Å². The number of hydrogen-bond donors (Lipinski definition) is 2. The summed E-state index contributed by atoms with van der Waals surface area (Å²) in [6, 6.07) is 0. The van der Waals surface area contributed by atoms with Crippen LogP contribution in [0.1, 0.15) is 65.7 Å². The highest BCUT2D eigenvalue weighted by Gasteiger charge is 2.43. The van der Waals surface area contributed by atoms with Gasteiger partial charge in [0.1, 0.15) is 5.60 Å². The number of carbonyl (C=O) groups excluding carboxylic acids is 2. The van der Waals surface area contributed by atoms with Crippen molar-refractivity contribution in [3.63, 3.8) is 0 Å². The average molecular weight is 422 g/mol. The topological polar surface area (TPSA) is 102 Å². The first-order valence-electron chi connectivity index (χ1n) is 10.7. The van der Waals surface area contributed by atoms with Crippen LogP contribution < -0.4 is 5.32 Å². The molecule has 1 fully saturated rings. The van der Waals surface area contributed by atoms with E-state index in [1.165, 1.54) is 0 Å². The number of methoxy groups -OCH3 is 1. The van der Waals surface area contributed by atoms with Crippen molar-refractivity contribution in [1.29, 1.82) is 0 Å². The van der Waals surface area contributed by atoms with Gasteiger partial charge in [-0.25, -0.2) is 0 Å². The predicted octanol–water partition coefficient (Wildman–Crippen LogP) is 3.39. The number of rotatable bonds is 9. The molecule has 2 N–H and O–H groups in total. The van der Waals surface area contributed by atoms with Crippen molar-refractivity contribution < 1.29 is 29.0 Å². The van der Waals surface area contributed by atoms with E-state index < -0.39 is 22.9 Å². The van der Waals surface area contributed by atoms with E-state index in [1.807, 2.05) is 39.0 Å². The molecule has 2 unspecified atom stereocenters. The predicted molar refractivity (Wildman–Crippen MR) is 113 cm³/mol. The average Bonchev–Trinajstić information content (AvgIpc) is 3.12. The molecule has 7 nitrogen and oxygen atoms in total. The Hall–Kier alpha value is -2.15. The number of esters is 1. The minimum absolute atomic E-state index is 0.0340. The lowest BCUT2D eigenvalue weighted by atomic mass is 9.81. The molecule has 168 valence electrons. The van der Waals surface area contributed by atoms with E-state index in [9.17, 15) is 19.5 Å². The SMILES string of the molecule is COC1C=CC(CC(CNC(=O)C2(CC(=O)O)CCCC2)C(=O)OC(C)(C)C)=CC1. The lowest BCUT2D eigenvalue weighted by Crippen LogP contribution is -2.44. The molecule has 2 atom stereocenters. The van der Waals surface area contributed by atoms with Crippen LogP contribution in [0, 0.1) is 11.3 Å². The van der Waals surface area contributed by atoms with Crippen molar-refractivity contribution >= 4 is 17.8 Å². The molecule has 0 radical (unpaired) electrons. The third kappa shape index (κ3) is 6.97. The first kappa shape index (κ1) is 24.1. The Bertz CT molecular complexity index is 697. The van der Waals surface area contributed by atoms with Crippen LogP contribution in [0.3, 0.4) is 0 Å². The van der Waals surface area contributed by atoms with E-state index in [1.54, 1.807) is 7.11 Å². The fourth-order valence-electron chi connectivity index (χ4n) is 4.11. The fraction of sp³-hybridized carbons (Fsp3) is 0.696.